The first-order valence-electron chi connectivity index (χ1n) is 5.48. The number of benzene rings is 1. The first-order valence-corrected chi connectivity index (χ1v) is 5.48. The smallest absolute Gasteiger partial charge is 0.0582 e. The van der Waals surface area contributed by atoms with Gasteiger partial charge in [0.25, 0.3) is 0 Å². The summed E-state index contributed by atoms with van der Waals surface area (Å²) in [7, 11) is 0. The number of nitrogens with one attached hydrogen (secondary N) is 1. The topological polar surface area (TPSA) is 32.3 Å². The van der Waals surface area contributed by atoms with Crippen LogP contribution in [0, 0.1) is 13.8 Å². The van der Waals surface area contributed by atoms with E-state index in [4.69, 9.17) is 5.11 Å². The quantitative estimate of drug-likeness (QED) is 0.794. The van der Waals surface area contributed by atoms with Gasteiger partial charge in [0.2, 0.25) is 0 Å². The van der Waals surface area contributed by atoms with Crippen molar-refractivity contribution < 1.29 is 5.11 Å². The molecular weight excluding hydrogens is 186 g/mol. The summed E-state index contributed by atoms with van der Waals surface area (Å²) in [5.41, 5.74) is 3.86. The van der Waals surface area contributed by atoms with Crippen LogP contribution in [-0.4, -0.2) is 17.8 Å². The van der Waals surface area contributed by atoms with E-state index >= 15 is 0 Å². The maximum Gasteiger partial charge on any atom is 0.0582 e. The molecule has 0 amide bonds. The zero-order chi connectivity index (χ0) is 11.4. The molecule has 0 saturated carbocycles. The van der Waals surface area contributed by atoms with E-state index in [0.717, 1.165) is 0 Å². The summed E-state index contributed by atoms with van der Waals surface area (Å²) in [6, 6.07) is 6.97. The molecule has 0 heterocycles. The van der Waals surface area contributed by atoms with Crippen molar-refractivity contribution in [2.75, 3.05) is 6.61 Å². The van der Waals surface area contributed by atoms with Gasteiger partial charge in [0.15, 0.2) is 0 Å². The molecule has 1 rings (SSSR count). The van der Waals surface area contributed by atoms with E-state index in [1.807, 2.05) is 6.92 Å². The second kappa shape index (κ2) is 5.29. The predicted molar refractivity (Wildman–Crippen MR) is 64.0 cm³/mol. The van der Waals surface area contributed by atoms with E-state index in [1.165, 1.54) is 16.7 Å². The number of aliphatic hydroxyl groups is 1. The SMILES string of the molecule is Cc1cc(C)cc(C(C)N[C@@H](C)CO)c1. The normalized spacial score (nSPS) is 15.0. The first kappa shape index (κ1) is 12.2. The van der Waals surface area contributed by atoms with Crippen LogP contribution in [-0.2, 0) is 0 Å². The largest absolute Gasteiger partial charge is 0.395 e. The standard InChI is InChI=1S/C13H21NO/c1-9-5-10(2)7-13(6-9)12(4)14-11(3)8-15/h5-7,11-12,14-15H,8H2,1-4H3/t11-,12?/m0/s1. The second-order valence-electron chi connectivity index (χ2n) is 4.39. The van der Waals surface area contributed by atoms with Crippen molar-refractivity contribution in [3.05, 3.63) is 34.9 Å². The van der Waals surface area contributed by atoms with Gasteiger partial charge in [0.1, 0.15) is 0 Å². The zero-order valence-electron chi connectivity index (χ0n) is 10.0. The van der Waals surface area contributed by atoms with Crippen LogP contribution in [0.4, 0.5) is 0 Å². The van der Waals surface area contributed by atoms with Crippen molar-refractivity contribution in [3.8, 4) is 0 Å². The molecule has 0 aliphatic carbocycles. The van der Waals surface area contributed by atoms with Gasteiger partial charge in [-0.3, -0.25) is 0 Å². The fraction of sp³-hybridized carbons (Fsp3) is 0.538. The van der Waals surface area contributed by atoms with Crippen molar-refractivity contribution in [2.45, 2.75) is 39.8 Å². The fourth-order valence-corrected chi connectivity index (χ4v) is 1.84. The predicted octanol–water partition coefficient (Wildman–Crippen LogP) is 2.33. The molecule has 15 heavy (non-hydrogen) atoms. The minimum absolute atomic E-state index is 0.140. The van der Waals surface area contributed by atoms with E-state index in [9.17, 15) is 0 Å². The summed E-state index contributed by atoms with van der Waals surface area (Å²) >= 11 is 0. The van der Waals surface area contributed by atoms with Crippen LogP contribution >= 0.6 is 0 Å². The van der Waals surface area contributed by atoms with E-state index < -0.39 is 0 Å². The van der Waals surface area contributed by atoms with Crippen molar-refractivity contribution in [3.63, 3.8) is 0 Å². The average molecular weight is 207 g/mol. The van der Waals surface area contributed by atoms with Crippen LogP contribution in [0.1, 0.15) is 36.6 Å². The molecule has 2 heteroatoms. The van der Waals surface area contributed by atoms with Gasteiger partial charge in [0.05, 0.1) is 6.61 Å². The zero-order valence-corrected chi connectivity index (χ0v) is 10.0. The van der Waals surface area contributed by atoms with Crippen molar-refractivity contribution in [1.82, 2.24) is 5.32 Å². The Morgan fingerprint density at radius 1 is 1.13 bits per heavy atom. The first-order chi connectivity index (χ1) is 7.02. The molecule has 1 aromatic rings. The third-order valence-corrected chi connectivity index (χ3v) is 2.55. The number of rotatable bonds is 4. The maximum absolute atomic E-state index is 8.98. The maximum atomic E-state index is 8.98. The van der Waals surface area contributed by atoms with E-state index in [-0.39, 0.29) is 18.7 Å². The summed E-state index contributed by atoms with van der Waals surface area (Å²) in [5.74, 6) is 0. The highest BCUT2D eigenvalue weighted by molar-refractivity contribution is 5.30. The van der Waals surface area contributed by atoms with Crippen LogP contribution in [0.5, 0.6) is 0 Å². The van der Waals surface area contributed by atoms with Gasteiger partial charge in [-0.15, -0.1) is 0 Å². The summed E-state index contributed by atoms with van der Waals surface area (Å²) in [6.07, 6.45) is 0. The van der Waals surface area contributed by atoms with Crippen LogP contribution in [0.3, 0.4) is 0 Å². The Bertz CT molecular complexity index is 302. The number of aryl methyl sites for hydroxylation is 2. The third kappa shape index (κ3) is 3.65. The molecule has 1 unspecified atom stereocenters. The molecule has 0 saturated heterocycles. The van der Waals surface area contributed by atoms with Crippen LogP contribution in [0.25, 0.3) is 0 Å². The van der Waals surface area contributed by atoms with Gasteiger partial charge in [-0.25, -0.2) is 0 Å². The summed E-state index contributed by atoms with van der Waals surface area (Å²) < 4.78 is 0. The Kier molecular flexibility index (Phi) is 4.30. The highest BCUT2D eigenvalue weighted by atomic mass is 16.3. The molecule has 0 fully saturated rings. The van der Waals surface area contributed by atoms with Crippen LogP contribution in [0.15, 0.2) is 18.2 Å². The van der Waals surface area contributed by atoms with E-state index in [2.05, 4.69) is 44.3 Å². The Morgan fingerprint density at radius 2 is 1.67 bits per heavy atom. The Balaban J connectivity index is 2.77. The molecule has 0 aliphatic heterocycles. The van der Waals surface area contributed by atoms with Gasteiger partial charge < -0.3 is 10.4 Å². The third-order valence-electron chi connectivity index (χ3n) is 2.55. The lowest BCUT2D eigenvalue weighted by molar-refractivity contribution is 0.243. The molecule has 2 atom stereocenters. The van der Waals surface area contributed by atoms with E-state index in [0.29, 0.717) is 0 Å². The molecule has 0 bridgehead atoms. The molecule has 2 N–H and O–H groups in total. The number of hydrogen-bond donors (Lipinski definition) is 2. The monoisotopic (exact) mass is 207 g/mol. The molecule has 0 aromatic heterocycles. The average Bonchev–Trinajstić information content (AvgIpc) is 2.16. The van der Waals surface area contributed by atoms with Gasteiger partial charge >= 0.3 is 0 Å². The van der Waals surface area contributed by atoms with Crippen LogP contribution in [0.2, 0.25) is 0 Å². The number of hydrogen-bond acceptors (Lipinski definition) is 2. The van der Waals surface area contributed by atoms with Crippen molar-refractivity contribution in [1.29, 1.82) is 0 Å². The summed E-state index contributed by atoms with van der Waals surface area (Å²) in [6.45, 7) is 8.51. The second-order valence-corrected chi connectivity index (χ2v) is 4.39. The van der Waals surface area contributed by atoms with Crippen molar-refractivity contribution in [2.24, 2.45) is 0 Å². The Labute approximate surface area is 92.3 Å². The molecule has 0 spiro atoms. The molecule has 0 aliphatic rings. The van der Waals surface area contributed by atoms with E-state index in [1.54, 1.807) is 0 Å². The molecule has 2 nitrogen and oxygen atoms in total. The Morgan fingerprint density at radius 3 is 2.13 bits per heavy atom. The lowest BCUT2D eigenvalue weighted by Gasteiger charge is -2.19. The highest BCUT2D eigenvalue weighted by Gasteiger charge is 2.08. The lowest BCUT2D eigenvalue weighted by atomic mass is 10.0. The van der Waals surface area contributed by atoms with Gasteiger partial charge in [0, 0.05) is 12.1 Å². The Hall–Kier alpha value is -0.860. The highest BCUT2D eigenvalue weighted by Crippen LogP contribution is 2.16. The van der Waals surface area contributed by atoms with Crippen LogP contribution < -0.4 is 5.32 Å². The fourth-order valence-electron chi connectivity index (χ4n) is 1.84. The van der Waals surface area contributed by atoms with Gasteiger partial charge in [-0.2, -0.15) is 0 Å². The van der Waals surface area contributed by atoms with Gasteiger partial charge in [-0.05, 0) is 33.3 Å². The molecule has 0 radical (unpaired) electrons. The summed E-state index contributed by atoms with van der Waals surface area (Å²) in [5, 5.41) is 12.3. The minimum atomic E-state index is 0.140. The minimum Gasteiger partial charge on any atom is -0.395 e. The molecule has 1 aromatic carbocycles. The lowest BCUT2D eigenvalue weighted by Crippen LogP contribution is -2.31. The molecule has 84 valence electrons. The molecular formula is C13H21NO. The van der Waals surface area contributed by atoms with Gasteiger partial charge in [-0.1, -0.05) is 29.3 Å². The van der Waals surface area contributed by atoms with Crippen molar-refractivity contribution >= 4 is 0 Å². The number of aliphatic hydroxyl groups excluding tert-OH is 1. The summed E-state index contributed by atoms with van der Waals surface area (Å²) in [4.78, 5) is 0.